The Hall–Kier alpha value is -3.69. The molecule has 1 aliphatic rings. The summed E-state index contributed by atoms with van der Waals surface area (Å²) in [6, 6.07) is 8.46. The lowest BCUT2D eigenvalue weighted by molar-refractivity contribution is -0.131. The molecule has 4 rings (SSSR count). The van der Waals surface area contributed by atoms with Crippen LogP contribution in [0.5, 0.6) is 0 Å². The molecule has 31 heavy (non-hydrogen) atoms. The number of hydrogen-bond acceptors (Lipinski definition) is 5. The van der Waals surface area contributed by atoms with Crippen LogP contribution in [0.3, 0.4) is 0 Å². The number of fused-ring (bicyclic) bond motifs is 1. The number of nitrogens with zero attached hydrogens (tertiary/aromatic N) is 4. The van der Waals surface area contributed by atoms with Gasteiger partial charge in [-0.3, -0.25) is 24.0 Å². The molecule has 1 unspecified atom stereocenters. The molecule has 0 radical (unpaired) electrons. The van der Waals surface area contributed by atoms with Crippen molar-refractivity contribution in [3.8, 4) is 0 Å². The Morgan fingerprint density at radius 1 is 1.10 bits per heavy atom. The highest BCUT2D eigenvalue weighted by Gasteiger charge is 2.49. The van der Waals surface area contributed by atoms with Crippen molar-refractivity contribution < 1.29 is 9.59 Å². The smallest absolute Gasteiger partial charge is 0.324 e. The van der Waals surface area contributed by atoms with Crippen LogP contribution in [-0.4, -0.2) is 35.9 Å². The summed E-state index contributed by atoms with van der Waals surface area (Å²) in [7, 11) is 1.63. The number of H-pyrrole nitrogens is 1. The first-order chi connectivity index (χ1) is 14.8. The SMILES string of the molecule is CCCCn1c(=O)[nH]c(=O)c2c1nc(CN1C(=O)NC(C)(c3ccccc3)C1=O)n2C. The molecule has 0 spiro atoms. The van der Waals surface area contributed by atoms with Crippen LogP contribution in [0.1, 0.15) is 38.1 Å². The fourth-order valence-corrected chi connectivity index (χ4v) is 3.91. The lowest BCUT2D eigenvalue weighted by Crippen LogP contribution is -2.40. The Morgan fingerprint density at radius 3 is 2.48 bits per heavy atom. The van der Waals surface area contributed by atoms with E-state index in [0.717, 1.165) is 17.7 Å². The quantitative estimate of drug-likeness (QED) is 0.576. The zero-order valence-corrected chi connectivity index (χ0v) is 17.6. The highest BCUT2D eigenvalue weighted by atomic mass is 16.2. The fourth-order valence-electron chi connectivity index (χ4n) is 3.91. The minimum Gasteiger partial charge on any atom is -0.324 e. The van der Waals surface area contributed by atoms with Crippen LogP contribution in [0.25, 0.3) is 11.2 Å². The van der Waals surface area contributed by atoms with E-state index in [0.29, 0.717) is 17.9 Å². The summed E-state index contributed by atoms with van der Waals surface area (Å²) < 4.78 is 2.94. The topological polar surface area (TPSA) is 122 Å². The van der Waals surface area contributed by atoms with Crippen molar-refractivity contribution in [2.75, 3.05) is 0 Å². The zero-order valence-electron chi connectivity index (χ0n) is 17.6. The van der Waals surface area contributed by atoms with Crippen LogP contribution < -0.4 is 16.6 Å². The fraction of sp³-hybridized carbons (Fsp3) is 0.381. The van der Waals surface area contributed by atoms with Crippen LogP contribution in [0.4, 0.5) is 4.79 Å². The van der Waals surface area contributed by atoms with Crippen LogP contribution >= 0.6 is 0 Å². The molecule has 0 aliphatic carbocycles. The number of aromatic amines is 1. The minimum atomic E-state index is -1.19. The Bertz CT molecular complexity index is 1290. The Labute approximate surface area is 177 Å². The Morgan fingerprint density at radius 2 is 1.81 bits per heavy atom. The minimum absolute atomic E-state index is 0.125. The van der Waals surface area contributed by atoms with Gasteiger partial charge in [-0.25, -0.2) is 14.6 Å². The van der Waals surface area contributed by atoms with E-state index in [-0.39, 0.29) is 17.7 Å². The standard InChI is InChI=1S/C21H24N6O4/c1-4-5-11-26-16-15(17(28)23-19(26)30)25(3)14(22-16)12-27-18(29)21(2,24-20(27)31)13-9-7-6-8-10-13/h6-10H,4-5,11-12H2,1-3H3,(H,24,31)(H,23,28,30). The molecule has 3 aromatic rings. The maximum absolute atomic E-state index is 13.2. The number of carbonyl (C=O) groups excluding carboxylic acids is 2. The van der Waals surface area contributed by atoms with Gasteiger partial charge in [0, 0.05) is 13.6 Å². The van der Waals surface area contributed by atoms with E-state index in [1.165, 1.54) is 9.13 Å². The first-order valence-electron chi connectivity index (χ1n) is 10.2. The number of amides is 3. The van der Waals surface area contributed by atoms with Crippen LogP contribution in [0.2, 0.25) is 0 Å². The van der Waals surface area contributed by atoms with E-state index >= 15 is 0 Å². The number of aromatic nitrogens is 4. The van der Waals surface area contributed by atoms with Gasteiger partial charge in [-0.1, -0.05) is 43.7 Å². The van der Waals surface area contributed by atoms with Gasteiger partial charge in [-0.05, 0) is 18.9 Å². The third-order valence-electron chi connectivity index (χ3n) is 5.77. The maximum Gasteiger partial charge on any atom is 0.330 e. The third-order valence-corrected chi connectivity index (χ3v) is 5.77. The molecule has 10 nitrogen and oxygen atoms in total. The zero-order chi connectivity index (χ0) is 22.3. The van der Waals surface area contributed by atoms with Crippen molar-refractivity contribution >= 4 is 23.1 Å². The predicted octanol–water partition coefficient (Wildman–Crippen LogP) is 1.19. The largest absolute Gasteiger partial charge is 0.330 e. The highest BCUT2D eigenvalue weighted by molar-refractivity contribution is 6.07. The Kier molecular flexibility index (Phi) is 5.00. The number of imidazole rings is 1. The number of imide groups is 1. The molecule has 0 bridgehead atoms. The molecule has 1 atom stereocenters. The van der Waals surface area contributed by atoms with Gasteiger partial charge < -0.3 is 9.88 Å². The van der Waals surface area contributed by atoms with E-state index in [2.05, 4.69) is 15.3 Å². The summed E-state index contributed by atoms with van der Waals surface area (Å²) in [6.07, 6.45) is 1.61. The van der Waals surface area contributed by atoms with Gasteiger partial charge in [0.25, 0.3) is 11.5 Å². The van der Waals surface area contributed by atoms with Gasteiger partial charge in [-0.15, -0.1) is 0 Å². The number of rotatable bonds is 6. The third kappa shape index (κ3) is 3.24. The number of unbranched alkanes of at least 4 members (excludes halogenated alkanes) is 1. The second-order valence-corrected chi connectivity index (χ2v) is 7.84. The molecular weight excluding hydrogens is 400 g/mol. The molecule has 10 heteroatoms. The summed E-state index contributed by atoms with van der Waals surface area (Å²) in [5.74, 6) is -0.0785. The molecule has 162 valence electrons. The first kappa shape index (κ1) is 20.6. The number of hydrogen-bond donors (Lipinski definition) is 2. The monoisotopic (exact) mass is 424 g/mol. The molecule has 1 saturated heterocycles. The number of nitrogens with one attached hydrogen (secondary N) is 2. The van der Waals surface area contributed by atoms with Gasteiger partial charge in [0.15, 0.2) is 11.2 Å². The summed E-state index contributed by atoms with van der Waals surface area (Å²) in [4.78, 5) is 58.4. The summed E-state index contributed by atoms with van der Waals surface area (Å²) >= 11 is 0. The lowest BCUT2D eigenvalue weighted by Gasteiger charge is -2.22. The Balaban J connectivity index is 1.74. The van der Waals surface area contributed by atoms with Crippen molar-refractivity contribution in [2.24, 2.45) is 7.05 Å². The number of benzene rings is 1. The van der Waals surface area contributed by atoms with Gasteiger partial charge in [0.05, 0.1) is 6.54 Å². The van der Waals surface area contributed by atoms with Crippen LogP contribution in [0, 0.1) is 0 Å². The highest BCUT2D eigenvalue weighted by Crippen LogP contribution is 2.29. The van der Waals surface area contributed by atoms with E-state index < -0.39 is 28.7 Å². The molecule has 0 saturated carbocycles. The van der Waals surface area contributed by atoms with Crippen molar-refractivity contribution in [1.82, 2.24) is 29.3 Å². The van der Waals surface area contributed by atoms with E-state index in [1.807, 2.05) is 13.0 Å². The van der Waals surface area contributed by atoms with Gasteiger partial charge >= 0.3 is 11.7 Å². The average Bonchev–Trinajstić information content (AvgIpc) is 3.18. The molecule has 3 amide bonds. The van der Waals surface area contributed by atoms with Gasteiger partial charge in [-0.2, -0.15) is 0 Å². The lowest BCUT2D eigenvalue weighted by atomic mass is 9.92. The molecule has 1 aliphatic heterocycles. The molecule has 2 N–H and O–H groups in total. The predicted molar refractivity (Wildman–Crippen MR) is 113 cm³/mol. The second kappa shape index (κ2) is 7.53. The van der Waals surface area contributed by atoms with Crippen molar-refractivity contribution in [1.29, 1.82) is 0 Å². The number of aryl methyl sites for hydroxylation is 2. The van der Waals surface area contributed by atoms with Crippen molar-refractivity contribution in [3.63, 3.8) is 0 Å². The summed E-state index contributed by atoms with van der Waals surface area (Å²) in [5, 5.41) is 2.76. The molecular formula is C21H24N6O4. The van der Waals surface area contributed by atoms with Crippen LogP contribution in [0.15, 0.2) is 39.9 Å². The van der Waals surface area contributed by atoms with Crippen molar-refractivity contribution in [3.05, 3.63) is 62.6 Å². The molecule has 1 aromatic carbocycles. The number of urea groups is 1. The van der Waals surface area contributed by atoms with E-state index in [4.69, 9.17) is 0 Å². The molecule has 3 heterocycles. The van der Waals surface area contributed by atoms with E-state index in [1.54, 1.807) is 38.2 Å². The molecule has 1 fully saturated rings. The summed E-state index contributed by atoms with van der Waals surface area (Å²) in [5.41, 5.74) is -1.13. The van der Waals surface area contributed by atoms with Gasteiger partial charge in [0.2, 0.25) is 0 Å². The number of carbonyl (C=O) groups is 2. The maximum atomic E-state index is 13.2. The normalized spacial score (nSPS) is 18.7. The summed E-state index contributed by atoms with van der Waals surface area (Å²) in [6.45, 7) is 3.94. The van der Waals surface area contributed by atoms with Gasteiger partial charge in [0.1, 0.15) is 11.4 Å². The van der Waals surface area contributed by atoms with Crippen LogP contribution in [-0.2, 0) is 30.5 Å². The second-order valence-electron chi connectivity index (χ2n) is 7.84. The first-order valence-corrected chi connectivity index (χ1v) is 10.2. The van der Waals surface area contributed by atoms with E-state index in [9.17, 15) is 19.2 Å². The van der Waals surface area contributed by atoms with Crippen molar-refractivity contribution in [2.45, 2.75) is 45.3 Å². The average molecular weight is 424 g/mol. The molecule has 2 aromatic heterocycles.